The lowest BCUT2D eigenvalue weighted by Gasteiger charge is -2.27. The van der Waals surface area contributed by atoms with Gasteiger partial charge >= 0.3 is 11.9 Å². The molecule has 5 nitrogen and oxygen atoms in total. The molecular formula is C13H25NO4. The van der Waals surface area contributed by atoms with Gasteiger partial charge < -0.3 is 15.2 Å². The molecule has 2 N–H and O–H groups in total. The first-order valence-electron chi connectivity index (χ1n) is 6.41. The van der Waals surface area contributed by atoms with Crippen molar-refractivity contribution in [3.05, 3.63) is 0 Å². The van der Waals surface area contributed by atoms with Gasteiger partial charge in [-0.05, 0) is 18.4 Å². The Morgan fingerprint density at radius 2 is 1.89 bits per heavy atom. The number of carboxylic acid groups (broad SMARTS) is 1. The van der Waals surface area contributed by atoms with Gasteiger partial charge in [-0.25, -0.2) is 0 Å². The van der Waals surface area contributed by atoms with Gasteiger partial charge in [-0.1, -0.05) is 33.6 Å². The molecule has 5 heteroatoms. The van der Waals surface area contributed by atoms with Crippen molar-refractivity contribution in [3.63, 3.8) is 0 Å². The Morgan fingerprint density at radius 1 is 1.33 bits per heavy atom. The van der Waals surface area contributed by atoms with Gasteiger partial charge in [0.15, 0.2) is 0 Å². The fourth-order valence-electron chi connectivity index (χ4n) is 1.65. The van der Waals surface area contributed by atoms with Crippen LogP contribution in [0.15, 0.2) is 0 Å². The van der Waals surface area contributed by atoms with E-state index in [1.165, 1.54) is 7.11 Å². The van der Waals surface area contributed by atoms with Gasteiger partial charge in [-0.2, -0.15) is 0 Å². The van der Waals surface area contributed by atoms with Gasteiger partial charge in [-0.15, -0.1) is 0 Å². The van der Waals surface area contributed by atoms with E-state index in [0.717, 1.165) is 19.3 Å². The molecule has 0 rings (SSSR count). The number of carbonyl (C=O) groups excluding carboxylic acids is 1. The molecule has 0 aliphatic heterocycles. The lowest BCUT2D eigenvalue weighted by Crippen LogP contribution is -2.40. The Kier molecular flexibility index (Phi) is 7.59. The molecule has 0 unspecified atom stereocenters. The summed E-state index contributed by atoms with van der Waals surface area (Å²) in [4.78, 5) is 22.0. The zero-order valence-corrected chi connectivity index (χ0v) is 11.8. The number of hydrogen-bond acceptors (Lipinski definition) is 4. The summed E-state index contributed by atoms with van der Waals surface area (Å²) in [5.41, 5.74) is 0.224. The van der Waals surface area contributed by atoms with E-state index in [-0.39, 0.29) is 11.8 Å². The van der Waals surface area contributed by atoms with Crippen LogP contribution < -0.4 is 5.32 Å². The molecule has 0 radical (unpaired) electrons. The Hall–Kier alpha value is -1.10. The van der Waals surface area contributed by atoms with Crippen LogP contribution in [0.2, 0.25) is 0 Å². The van der Waals surface area contributed by atoms with E-state index in [1.54, 1.807) is 0 Å². The standard InChI is InChI=1S/C13H25NO4/c1-5-13(3,6-2)7-8-14-10(12(16)17)9-11(15)18-4/h10,14H,5-9H2,1-4H3,(H,16,17)/t10-/m0/s1. The molecular weight excluding hydrogens is 234 g/mol. The molecule has 0 aliphatic carbocycles. The van der Waals surface area contributed by atoms with Crippen LogP contribution in [-0.2, 0) is 14.3 Å². The van der Waals surface area contributed by atoms with Crippen LogP contribution in [0.25, 0.3) is 0 Å². The molecule has 0 saturated carbocycles. The molecule has 0 aromatic rings. The second-order valence-electron chi connectivity index (χ2n) is 4.89. The van der Waals surface area contributed by atoms with E-state index in [9.17, 15) is 9.59 Å². The predicted molar refractivity (Wildman–Crippen MR) is 69.4 cm³/mol. The molecule has 0 aromatic heterocycles. The molecule has 106 valence electrons. The van der Waals surface area contributed by atoms with Crippen LogP contribution in [0.1, 0.15) is 46.5 Å². The minimum Gasteiger partial charge on any atom is -0.480 e. The number of rotatable bonds is 9. The zero-order chi connectivity index (χ0) is 14.2. The van der Waals surface area contributed by atoms with E-state index in [1.807, 2.05) is 0 Å². The summed E-state index contributed by atoms with van der Waals surface area (Å²) in [5, 5.41) is 11.9. The van der Waals surface area contributed by atoms with Crippen LogP contribution in [0.4, 0.5) is 0 Å². The molecule has 0 aromatic carbocycles. The van der Waals surface area contributed by atoms with Crippen molar-refractivity contribution in [2.75, 3.05) is 13.7 Å². The largest absolute Gasteiger partial charge is 0.480 e. The van der Waals surface area contributed by atoms with E-state index in [4.69, 9.17) is 5.11 Å². The number of esters is 1. The van der Waals surface area contributed by atoms with E-state index >= 15 is 0 Å². The molecule has 0 bridgehead atoms. The second kappa shape index (κ2) is 8.08. The molecule has 0 saturated heterocycles. The zero-order valence-electron chi connectivity index (χ0n) is 11.8. The highest BCUT2D eigenvalue weighted by atomic mass is 16.5. The number of carboxylic acids is 1. The Bertz CT molecular complexity index is 274. The number of methoxy groups -OCH3 is 1. The first-order chi connectivity index (χ1) is 8.38. The van der Waals surface area contributed by atoms with Crippen LogP contribution >= 0.6 is 0 Å². The van der Waals surface area contributed by atoms with Crippen molar-refractivity contribution in [2.24, 2.45) is 5.41 Å². The van der Waals surface area contributed by atoms with E-state index in [2.05, 4.69) is 30.8 Å². The van der Waals surface area contributed by atoms with Gasteiger partial charge in [0.2, 0.25) is 0 Å². The van der Waals surface area contributed by atoms with Crippen molar-refractivity contribution in [1.82, 2.24) is 5.32 Å². The number of nitrogens with one attached hydrogen (secondary N) is 1. The fourth-order valence-corrected chi connectivity index (χ4v) is 1.65. The molecule has 0 fully saturated rings. The minimum absolute atomic E-state index is 0.138. The monoisotopic (exact) mass is 259 g/mol. The summed E-state index contributed by atoms with van der Waals surface area (Å²) in [6.45, 7) is 7.04. The number of ether oxygens (including phenoxy) is 1. The molecule has 1 atom stereocenters. The molecule has 0 aliphatic rings. The average molecular weight is 259 g/mol. The van der Waals surface area contributed by atoms with Gasteiger partial charge in [-0.3, -0.25) is 9.59 Å². The number of aliphatic carboxylic acids is 1. The lowest BCUT2D eigenvalue weighted by atomic mass is 9.81. The van der Waals surface area contributed by atoms with Gasteiger partial charge in [0, 0.05) is 0 Å². The molecule has 0 amide bonds. The van der Waals surface area contributed by atoms with E-state index < -0.39 is 18.0 Å². The number of carbonyl (C=O) groups is 2. The van der Waals surface area contributed by atoms with Gasteiger partial charge in [0.05, 0.1) is 13.5 Å². The maximum Gasteiger partial charge on any atom is 0.321 e. The highest BCUT2D eigenvalue weighted by Gasteiger charge is 2.23. The topological polar surface area (TPSA) is 75.6 Å². The smallest absolute Gasteiger partial charge is 0.321 e. The van der Waals surface area contributed by atoms with Gasteiger partial charge in [0.25, 0.3) is 0 Å². The summed E-state index contributed by atoms with van der Waals surface area (Å²) in [6, 6.07) is -0.865. The van der Waals surface area contributed by atoms with Crippen molar-refractivity contribution in [2.45, 2.75) is 52.5 Å². The quantitative estimate of drug-likeness (QED) is 0.618. The first kappa shape index (κ1) is 16.9. The summed E-state index contributed by atoms with van der Waals surface area (Å²) >= 11 is 0. The SMILES string of the molecule is CCC(C)(CC)CCN[C@@H](CC(=O)OC)C(=O)O. The van der Waals surface area contributed by atoms with Crippen LogP contribution in [0.5, 0.6) is 0 Å². The minimum atomic E-state index is -1.02. The average Bonchev–Trinajstić information content (AvgIpc) is 2.36. The normalized spacial score (nSPS) is 13.1. The highest BCUT2D eigenvalue weighted by molar-refractivity contribution is 5.81. The van der Waals surface area contributed by atoms with Crippen LogP contribution in [-0.4, -0.2) is 36.7 Å². The first-order valence-corrected chi connectivity index (χ1v) is 6.41. The Morgan fingerprint density at radius 3 is 2.28 bits per heavy atom. The maximum atomic E-state index is 11.1. The van der Waals surface area contributed by atoms with Crippen LogP contribution in [0, 0.1) is 5.41 Å². The summed E-state index contributed by atoms with van der Waals surface area (Å²) in [6.07, 6.45) is 2.87. The van der Waals surface area contributed by atoms with Crippen molar-refractivity contribution < 1.29 is 19.4 Å². The number of hydrogen-bond donors (Lipinski definition) is 2. The Balaban J connectivity index is 4.20. The molecule has 0 heterocycles. The molecule has 18 heavy (non-hydrogen) atoms. The second-order valence-corrected chi connectivity index (χ2v) is 4.89. The maximum absolute atomic E-state index is 11.1. The van der Waals surface area contributed by atoms with Crippen molar-refractivity contribution in [1.29, 1.82) is 0 Å². The summed E-state index contributed by atoms with van der Waals surface area (Å²) in [5.74, 6) is -1.53. The third-order valence-electron chi connectivity index (χ3n) is 3.72. The summed E-state index contributed by atoms with van der Waals surface area (Å²) < 4.78 is 4.48. The lowest BCUT2D eigenvalue weighted by molar-refractivity contribution is -0.147. The third-order valence-corrected chi connectivity index (χ3v) is 3.72. The Labute approximate surface area is 109 Å². The third kappa shape index (κ3) is 6.00. The van der Waals surface area contributed by atoms with Crippen molar-refractivity contribution >= 4 is 11.9 Å². The van der Waals surface area contributed by atoms with Gasteiger partial charge in [0.1, 0.15) is 6.04 Å². The fraction of sp³-hybridized carbons (Fsp3) is 0.846. The van der Waals surface area contributed by atoms with Crippen LogP contribution in [0.3, 0.4) is 0 Å². The predicted octanol–water partition coefficient (Wildman–Crippen LogP) is 1.81. The summed E-state index contributed by atoms with van der Waals surface area (Å²) in [7, 11) is 1.26. The van der Waals surface area contributed by atoms with Crippen molar-refractivity contribution in [3.8, 4) is 0 Å². The highest BCUT2D eigenvalue weighted by Crippen LogP contribution is 2.28. The van der Waals surface area contributed by atoms with E-state index in [0.29, 0.717) is 6.54 Å². The molecule has 0 spiro atoms.